The maximum Gasteiger partial charge on any atom is 0.324 e. The lowest BCUT2D eigenvalue weighted by Gasteiger charge is -2.42. The highest BCUT2D eigenvalue weighted by molar-refractivity contribution is 7.92. The van der Waals surface area contributed by atoms with Gasteiger partial charge in [-0.2, -0.15) is 0 Å². The van der Waals surface area contributed by atoms with Gasteiger partial charge in [0.1, 0.15) is 17.5 Å². The summed E-state index contributed by atoms with van der Waals surface area (Å²) < 4.78 is 35.0. The fourth-order valence-electron chi connectivity index (χ4n) is 6.23. The van der Waals surface area contributed by atoms with Crippen LogP contribution in [0.25, 0.3) is 0 Å². The van der Waals surface area contributed by atoms with Crippen LogP contribution in [0.1, 0.15) is 76.5 Å². The first-order valence-electron chi connectivity index (χ1n) is 16.7. The van der Waals surface area contributed by atoms with Gasteiger partial charge in [0.25, 0.3) is 10.0 Å². The fraction of sp³-hybridized carbons (Fsp3) is 0.472. The second kappa shape index (κ2) is 16.6. The van der Waals surface area contributed by atoms with E-state index in [1.807, 2.05) is 36.9 Å². The second-order valence-electron chi connectivity index (χ2n) is 13.0. The van der Waals surface area contributed by atoms with E-state index in [-0.39, 0.29) is 29.4 Å². The van der Waals surface area contributed by atoms with Crippen molar-refractivity contribution in [2.75, 3.05) is 35.8 Å². The van der Waals surface area contributed by atoms with Gasteiger partial charge in [-0.3, -0.25) is 9.62 Å². The quantitative estimate of drug-likeness (QED) is 0.140. The van der Waals surface area contributed by atoms with E-state index in [1.54, 1.807) is 53.4 Å². The van der Waals surface area contributed by atoms with E-state index in [2.05, 4.69) is 17.0 Å². The third-order valence-corrected chi connectivity index (χ3v) is 10.7. The summed E-state index contributed by atoms with van der Waals surface area (Å²) in [5.41, 5.74) is 2.24. The molecule has 5 rings (SSSR count). The number of anilines is 2. The molecule has 9 nitrogen and oxygen atoms in total. The maximum absolute atomic E-state index is 13.1. The number of hydrogen-bond donors (Lipinski definition) is 3. The number of ether oxygens (including phenoxy) is 1. The number of halogens is 2. The van der Waals surface area contributed by atoms with Crippen molar-refractivity contribution in [3.05, 3.63) is 82.9 Å². The molecule has 2 unspecified atom stereocenters. The zero-order valence-corrected chi connectivity index (χ0v) is 30.3. The summed E-state index contributed by atoms with van der Waals surface area (Å²) in [6.07, 6.45) is 7.00. The Morgan fingerprint density at radius 2 is 1.65 bits per heavy atom. The summed E-state index contributed by atoms with van der Waals surface area (Å²) in [6.45, 7) is 8.53. The Kier molecular flexibility index (Phi) is 13.1. The normalized spacial score (nSPS) is 18.6. The Hall–Kier alpha value is -3.02. The third-order valence-electron chi connectivity index (χ3n) is 9.03. The molecule has 2 amide bonds. The van der Waals surface area contributed by atoms with Crippen molar-refractivity contribution in [2.45, 2.75) is 88.4 Å². The predicted molar refractivity (Wildman–Crippen MR) is 195 cm³/mol. The van der Waals surface area contributed by atoms with Crippen molar-refractivity contribution in [3.63, 3.8) is 0 Å². The van der Waals surface area contributed by atoms with E-state index in [0.717, 1.165) is 30.5 Å². The Labute approximate surface area is 296 Å². The van der Waals surface area contributed by atoms with Gasteiger partial charge in [-0.15, -0.1) is 12.4 Å². The number of urea groups is 1. The Bertz CT molecular complexity index is 1620. The zero-order chi connectivity index (χ0) is 33.6. The number of aliphatic hydroxyl groups excluding tert-OH is 1. The van der Waals surface area contributed by atoms with Crippen LogP contribution >= 0.6 is 24.0 Å². The van der Waals surface area contributed by atoms with Crippen LogP contribution in [-0.2, 0) is 16.4 Å². The van der Waals surface area contributed by atoms with Crippen LogP contribution in [0.3, 0.4) is 0 Å². The third kappa shape index (κ3) is 9.15. The number of carbonyl (C=O) groups excluding carboxylic acids is 1. The van der Waals surface area contributed by atoms with Gasteiger partial charge in [0.15, 0.2) is 0 Å². The van der Waals surface area contributed by atoms with Crippen LogP contribution < -0.4 is 19.7 Å². The molecule has 48 heavy (non-hydrogen) atoms. The van der Waals surface area contributed by atoms with Crippen molar-refractivity contribution in [2.24, 2.45) is 0 Å². The Balaban J connectivity index is 0.00000520. The summed E-state index contributed by atoms with van der Waals surface area (Å²) in [6, 6.07) is 18.8. The van der Waals surface area contributed by atoms with Crippen LogP contribution in [-0.4, -0.2) is 62.3 Å². The van der Waals surface area contributed by atoms with E-state index < -0.39 is 21.7 Å². The molecule has 12 heteroatoms. The van der Waals surface area contributed by atoms with Gasteiger partial charge in [0.05, 0.1) is 10.9 Å². The molecule has 0 saturated carbocycles. The standard InChI is InChI=1S/C36H47ClN4O5S.ClH/c1-4-5-6-7-8-9-22-40-23-24-41(35(40)43)29-15-17-30(18-16-29)47(44,45)39-28-13-10-26(11-14-28)20-21-38-33-31-19-12-27(37)25-32(31)46-36(2,3)34(33)42;/h10-19,25,33-34,38-39,42H,4-9,20-24H2,1-3H3;1H. The van der Waals surface area contributed by atoms with Crippen molar-refractivity contribution in [1.29, 1.82) is 0 Å². The molecule has 3 aromatic rings. The first kappa shape index (κ1) is 37.8. The molecule has 2 aliphatic rings. The first-order chi connectivity index (χ1) is 22.5. The second-order valence-corrected chi connectivity index (χ2v) is 15.1. The van der Waals surface area contributed by atoms with Crippen molar-refractivity contribution >= 4 is 51.4 Å². The van der Waals surface area contributed by atoms with Gasteiger partial charge in [0, 0.05) is 41.6 Å². The molecule has 1 saturated heterocycles. The number of aliphatic hydroxyl groups is 1. The number of sulfonamides is 1. The number of amides is 2. The average Bonchev–Trinajstić information content (AvgIpc) is 3.41. The van der Waals surface area contributed by atoms with Gasteiger partial charge in [-0.25, -0.2) is 13.2 Å². The van der Waals surface area contributed by atoms with E-state index in [4.69, 9.17) is 16.3 Å². The molecule has 2 atom stereocenters. The maximum atomic E-state index is 13.1. The Morgan fingerprint density at radius 3 is 2.35 bits per heavy atom. The first-order valence-corrected chi connectivity index (χ1v) is 18.5. The van der Waals surface area contributed by atoms with Gasteiger partial charge < -0.3 is 20.1 Å². The van der Waals surface area contributed by atoms with Gasteiger partial charge in [-0.1, -0.05) is 68.8 Å². The monoisotopic (exact) mass is 718 g/mol. The van der Waals surface area contributed by atoms with Crippen LogP contribution in [0.15, 0.2) is 71.6 Å². The summed E-state index contributed by atoms with van der Waals surface area (Å²) >= 11 is 6.17. The lowest BCUT2D eigenvalue weighted by Crippen LogP contribution is -2.52. The lowest BCUT2D eigenvalue weighted by atomic mass is 9.86. The van der Waals surface area contributed by atoms with Gasteiger partial charge in [-0.05, 0) is 87.3 Å². The summed E-state index contributed by atoms with van der Waals surface area (Å²) in [4.78, 5) is 16.7. The number of benzene rings is 3. The lowest BCUT2D eigenvalue weighted by molar-refractivity contribution is -0.0643. The largest absolute Gasteiger partial charge is 0.485 e. The van der Waals surface area contributed by atoms with E-state index in [9.17, 15) is 18.3 Å². The molecule has 3 aromatic carbocycles. The van der Waals surface area contributed by atoms with Crippen LogP contribution in [0.5, 0.6) is 5.75 Å². The number of rotatable bonds is 15. The van der Waals surface area contributed by atoms with Crippen LogP contribution in [0.4, 0.5) is 16.2 Å². The topological polar surface area (TPSA) is 111 Å². The van der Waals surface area contributed by atoms with E-state index >= 15 is 0 Å². The zero-order valence-electron chi connectivity index (χ0n) is 28.0. The fourth-order valence-corrected chi connectivity index (χ4v) is 7.45. The highest BCUT2D eigenvalue weighted by Gasteiger charge is 2.42. The molecule has 1 fully saturated rings. The van der Waals surface area contributed by atoms with E-state index in [0.29, 0.717) is 48.2 Å². The molecule has 262 valence electrons. The molecule has 2 aliphatic heterocycles. The van der Waals surface area contributed by atoms with Crippen molar-refractivity contribution < 1.29 is 23.1 Å². The Morgan fingerprint density at radius 1 is 0.958 bits per heavy atom. The van der Waals surface area contributed by atoms with Gasteiger partial charge in [0.2, 0.25) is 0 Å². The number of hydrogen-bond acceptors (Lipinski definition) is 6. The minimum atomic E-state index is -3.82. The summed E-state index contributed by atoms with van der Waals surface area (Å²) in [5, 5.41) is 15.0. The molecule has 0 aliphatic carbocycles. The minimum absolute atomic E-state index is 0. The number of nitrogens with one attached hydrogen (secondary N) is 2. The minimum Gasteiger partial charge on any atom is -0.485 e. The van der Waals surface area contributed by atoms with Crippen molar-refractivity contribution in [1.82, 2.24) is 10.2 Å². The SMILES string of the molecule is CCCCCCCCN1CCN(c2ccc(S(=O)(=O)Nc3ccc(CCNC4c5ccc(Cl)cc5OC(C)(C)C4O)cc3)cc2)C1=O.Cl. The van der Waals surface area contributed by atoms with Crippen LogP contribution in [0, 0.1) is 0 Å². The number of unbranched alkanes of at least 4 members (excludes halogenated alkanes) is 5. The summed E-state index contributed by atoms with van der Waals surface area (Å²) in [7, 11) is -3.82. The average molecular weight is 720 g/mol. The molecule has 0 aromatic heterocycles. The number of carbonyl (C=O) groups is 1. The molecule has 0 radical (unpaired) electrons. The molecule has 2 heterocycles. The molecule has 3 N–H and O–H groups in total. The van der Waals surface area contributed by atoms with Crippen molar-refractivity contribution in [3.8, 4) is 5.75 Å². The van der Waals surface area contributed by atoms with Crippen LogP contribution in [0.2, 0.25) is 5.02 Å². The summed E-state index contributed by atoms with van der Waals surface area (Å²) in [5.74, 6) is 0.659. The highest BCUT2D eigenvalue weighted by Crippen LogP contribution is 2.41. The molecular formula is C36H48Cl2N4O5S. The molecular weight excluding hydrogens is 671 g/mol. The molecule has 0 bridgehead atoms. The molecule has 0 spiro atoms. The highest BCUT2D eigenvalue weighted by atomic mass is 35.5. The van der Waals surface area contributed by atoms with E-state index in [1.165, 1.54) is 25.7 Å². The van der Waals surface area contributed by atoms with Gasteiger partial charge >= 0.3 is 6.03 Å². The smallest absolute Gasteiger partial charge is 0.324 e. The predicted octanol–water partition coefficient (Wildman–Crippen LogP) is 7.57. The number of nitrogens with zero attached hydrogens (tertiary/aromatic N) is 2. The number of fused-ring (bicyclic) bond motifs is 1.